The minimum Gasteiger partial charge on any atom is -0.504 e. The number of phenolic OH excluding ortho intramolecular Hbond substituents is 2. The highest BCUT2D eigenvalue weighted by Gasteiger charge is 2.19. The minimum atomic E-state index is -0.0574. The van der Waals surface area contributed by atoms with Crippen molar-refractivity contribution in [1.29, 1.82) is 0 Å². The van der Waals surface area contributed by atoms with E-state index in [4.69, 9.17) is 4.42 Å². The molecule has 210 valence electrons. The Labute approximate surface area is 257 Å². The predicted octanol–water partition coefficient (Wildman–Crippen LogP) is 11.5. The van der Waals surface area contributed by atoms with Crippen LogP contribution in [-0.4, -0.2) is 10.2 Å². The van der Waals surface area contributed by atoms with Crippen LogP contribution in [0.4, 0.5) is 0 Å². The number of rotatable bonds is 3. The monoisotopic (exact) mass is 576 g/mol. The van der Waals surface area contributed by atoms with E-state index in [2.05, 4.69) is 103 Å². The number of phenols is 4. The maximum Gasteiger partial charge on any atom is 0.166 e. The second kappa shape index (κ2) is 8.75. The zero-order valence-corrected chi connectivity index (χ0v) is 24.0. The predicted molar refractivity (Wildman–Crippen MR) is 186 cm³/mol. The lowest BCUT2D eigenvalue weighted by molar-refractivity contribution is 0.411. The first-order valence-corrected chi connectivity index (χ1v) is 15.1. The Kier molecular flexibility index (Phi) is 4.74. The Morgan fingerprint density at radius 3 is 1.73 bits per heavy atom. The molecule has 0 aliphatic heterocycles. The summed E-state index contributed by atoms with van der Waals surface area (Å²) >= 11 is 0. The number of para-hydroxylation sites is 2. The molecule has 45 heavy (non-hydrogen) atoms. The Morgan fingerprint density at radius 1 is 0.378 bits per heavy atom. The van der Waals surface area contributed by atoms with E-state index in [9.17, 15) is 10.2 Å². The van der Waals surface area contributed by atoms with Crippen LogP contribution in [0, 0.1) is 0 Å². The third kappa shape index (κ3) is 3.30. The molecule has 0 saturated heterocycles. The topological polar surface area (TPSA) is 53.6 Å². The van der Waals surface area contributed by atoms with Crippen LogP contribution in [0.5, 0.6) is 11.5 Å². The number of hydrogen-bond donors (Lipinski definition) is 2. The first kappa shape index (κ1) is 24.4. The second-order valence-electron chi connectivity index (χ2n) is 12.0. The summed E-state index contributed by atoms with van der Waals surface area (Å²) in [5.74, 6) is -0.114. The zero-order valence-electron chi connectivity index (χ0n) is 24.0. The largest absolute Gasteiger partial charge is 0.504 e. The lowest BCUT2D eigenvalue weighted by Crippen LogP contribution is -1.91. The van der Waals surface area contributed by atoms with E-state index in [1.165, 1.54) is 32.5 Å². The molecule has 2 N–H and O–H groups in total. The summed E-state index contributed by atoms with van der Waals surface area (Å²) in [5, 5.41) is 31.7. The highest BCUT2D eigenvalue weighted by atomic mass is 16.3. The first-order chi connectivity index (χ1) is 22.1. The lowest BCUT2D eigenvalue weighted by atomic mass is 9.86. The van der Waals surface area contributed by atoms with Crippen LogP contribution in [0.2, 0.25) is 0 Å². The molecule has 11 aromatic rings. The maximum absolute atomic E-state index is 10.7. The van der Waals surface area contributed by atoms with Gasteiger partial charge in [-0.3, -0.25) is 0 Å². The molecule has 10 aromatic carbocycles. The van der Waals surface area contributed by atoms with Crippen molar-refractivity contribution in [3.05, 3.63) is 133 Å². The molecule has 0 saturated carbocycles. The van der Waals surface area contributed by atoms with E-state index in [1.54, 1.807) is 0 Å². The number of furan rings is 1. The SMILES string of the molecule is Oc1c(O)c2ccc1cc2-c1ccc2ccc3c(-c4ccc(-c5cccc6c5oc5ccccc56)cc4)ccc4ccc1c2c43. The van der Waals surface area contributed by atoms with Gasteiger partial charge in [-0.05, 0) is 78.3 Å². The van der Waals surface area contributed by atoms with Crippen molar-refractivity contribution in [2.24, 2.45) is 0 Å². The molecule has 0 atom stereocenters. The highest BCUT2D eigenvalue weighted by molar-refractivity contribution is 6.28. The van der Waals surface area contributed by atoms with Gasteiger partial charge in [0, 0.05) is 27.1 Å². The standard InChI is InChI=1S/C42H24O3/c43-40-27-16-21-34(41(40)44)36(22-27)30-18-13-26-14-19-32-28(17-12-25-15-20-33(30)39(26)38(25)32)23-8-10-24(11-9-23)29-5-3-6-35-31-4-1-2-7-37(31)45-42(29)35/h1-22,43-44H. The van der Waals surface area contributed by atoms with E-state index >= 15 is 0 Å². The molecule has 0 fully saturated rings. The van der Waals surface area contributed by atoms with Gasteiger partial charge in [0.1, 0.15) is 11.2 Å². The summed E-state index contributed by atoms with van der Waals surface area (Å²) in [7, 11) is 0. The van der Waals surface area contributed by atoms with Gasteiger partial charge in [-0.25, -0.2) is 0 Å². The summed E-state index contributed by atoms with van der Waals surface area (Å²) in [5.41, 5.74) is 8.34. The molecule has 0 spiro atoms. The van der Waals surface area contributed by atoms with Crippen LogP contribution in [0.25, 0.3) is 98.4 Å². The van der Waals surface area contributed by atoms with Crippen molar-refractivity contribution < 1.29 is 14.6 Å². The molecule has 3 nitrogen and oxygen atoms in total. The summed E-state index contributed by atoms with van der Waals surface area (Å²) in [6.45, 7) is 0. The second-order valence-corrected chi connectivity index (χ2v) is 12.0. The van der Waals surface area contributed by atoms with E-state index in [-0.39, 0.29) is 11.5 Å². The molecule has 11 rings (SSSR count). The third-order valence-corrected chi connectivity index (χ3v) is 9.64. The Hall–Kier alpha value is -6.06. The Bertz CT molecular complexity index is 2770. The van der Waals surface area contributed by atoms with Crippen molar-refractivity contribution in [3.63, 3.8) is 0 Å². The Morgan fingerprint density at radius 2 is 0.978 bits per heavy atom. The van der Waals surface area contributed by atoms with Crippen molar-refractivity contribution in [3.8, 4) is 44.9 Å². The van der Waals surface area contributed by atoms with Crippen LogP contribution < -0.4 is 0 Å². The molecule has 1 heterocycles. The van der Waals surface area contributed by atoms with Gasteiger partial charge in [0.2, 0.25) is 0 Å². The third-order valence-electron chi connectivity index (χ3n) is 9.64. The molecule has 1 aromatic heterocycles. The van der Waals surface area contributed by atoms with Gasteiger partial charge in [-0.1, -0.05) is 115 Å². The van der Waals surface area contributed by atoms with Crippen LogP contribution in [0.1, 0.15) is 0 Å². The van der Waals surface area contributed by atoms with Gasteiger partial charge in [-0.2, -0.15) is 0 Å². The molecule has 0 unspecified atom stereocenters. The Balaban J connectivity index is 1.14. The molecule has 2 bridgehead atoms. The number of aromatic hydroxyl groups is 2. The van der Waals surface area contributed by atoms with Crippen molar-refractivity contribution in [2.75, 3.05) is 0 Å². The van der Waals surface area contributed by atoms with Crippen molar-refractivity contribution in [1.82, 2.24) is 0 Å². The van der Waals surface area contributed by atoms with Gasteiger partial charge >= 0.3 is 0 Å². The molecular formula is C42H24O3. The van der Waals surface area contributed by atoms with Gasteiger partial charge in [-0.15, -0.1) is 0 Å². The zero-order chi connectivity index (χ0) is 29.8. The summed E-state index contributed by atoms with van der Waals surface area (Å²) in [6.07, 6.45) is 0. The smallest absolute Gasteiger partial charge is 0.166 e. The van der Waals surface area contributed by atoms with Crippen LogP contribution in [-0.2, 0) is 0 Å². The number of hydrogen-bond acceptors (Lipinski definition) is 3. The first-order valence-electron chi connectivity index (χ1n) is 15.1. The quantitative estimate of drug-likeness (QED) is 0.162. The molecule has 0 aliphatic carbocycles. The van der Waals surface area contributed by atoms with Gasteiger partial charge in [0.05, 0.1) is 0 Å². The van der Waals surface area contributed by atoms with Gasteiger partial charge < -0.3 is 14.6 Å². The summed E-state index contributed by atoms with van der Waals surface area (Å²) in [4.78, 5) is 0. The van der Waals surface area contributed by atoms with Crippen LogP contribution in [0.15, 0.2) is 138 Å². The number of fused-ring (bicyclic) bond motifs is 6. The average Bonchev–Trinajstić information content (AvgIpc) is 3.48. The minimum absolute atomic E-state index is 0.0566. The molecule has 0 amide bonds. The normalized spacial score (nSPS) is 12.2. The molecule has 0 aliphatic rings. The van der Waals surface area contributed by atoms with Crippen molar-refractivity contribution >= 4 is 65.0 Å². The lowest BCUT2D eigenvalue weighted by Gasteiger charge is -2.18. The van der Waals surface area contributed by atoms with E-state index in [1.807, 2.05) is 30.3 Å². The van der Waals surface area contributed by atoms with Crippen LogP contribution >= 0.6 is 0 Å². The highest BCUT2D eigenvalue weighted by Crippen LogP contribution is 2.47. The molecule has 0 radical (unpaired) electrons. The summed E-state index contributed by atoms with van der Waals surface area (Å²) < 4.78 is 6.32. The maximum atomic E-state index is 10.7. The van der Waals surface area contributed by atoms with E-state index in [0.717, 1.165) is 55.1 Å². The van der Waals surface area contributed by atoms with Gasteiger partial charge in [0.15, 0.2) is 11.5 Å². The van der Waals surface area contributed by atoms with E-state index < -0.39 is 0 Å². The van der Waals surface area contributed by atoms with Gasteiger partial charge in [0.25, 0.3) is 0 Å². The van der Waals surface area contributed by atoms with Crippen molar-refractivity contribution in [2.45, 2.75) is 0 Å². The molecule has 3 heteroatoms. The average molecular weight is 577 g/mol. The van der Waals surface area contributed by atoms with E-state index in [0.29, 0.717) is 10.8 Å². The van der Waals surface area contributed by atoms with Crippen LogP contribution in [0.3, 0.4) is 0 Å². The fourth-order valence-electron chi connectivity index (χ4n) is 7.48. The molecular weight excluding hydrogens is 552 g/mol. The fraction of sp³-hybridized carbons (Fsp3) is 0. The number of benzene rings is 10. The fourth-order valence-corrected chi connectivity index (χ4v) is 7.48. The summed E-state index contributed by atoms with van der Waals surface area (Å²) in [6, 6.07) is 46.6.